The Kier molecular flexibility index (Phi) is 9.23. The van der Waals surface area contributed by atoms with Gasteiger partial charge in [0.2, 0.25) is 5.88 Å². The number of amides is 1. The molecule has 13 heteroatoms. The van der Waals surface area contributed by atoms with Crippen LogP contribution in [-0.4, -0.2) is 78.3 Å². The zero-order valence-electron chi connectivity index (χ0n) is 26.6. The number of rotatable bonds is 10. The molecule has 6 rings (SSSR count). The number of nitrogens with zero attached hydrogens (tertiary/aromatic N) is 4. The van der Waals surface area contributed by atoms with Crippen LogP contribution in [0.2, 0.25) is 0 Å². The average molecular weight is 770 g/mol. The summed E-state index contributed by atoms with van der Waals surface area (Å²) in [7, 11) is 0.452. The Morgan fingerprint density at radius 1 is 0.936 bits per heavy atom. The summed E-state index contributed by atoms with van der Waals surface area (Å²) >= 11 is 2.17. The van der Waals surface area contributed by atoms with Crippen molar-refractivity contribution in [2.24, 2.45) is 0 Å². The number of sulfonamides is 1. The molecule has 1 N–H and O–H groups in total. The van der Waals surface area contributed by atoms with Gasteiger partial charge in [-0.1, -0.05) is 0 Å². The number of anilines is 3. The van der Waals surface area contributed by atoms with Crippen LogP contribution >= 0.6 is 22.6 Å². The topological polar surface area (TPSA) is 114 Å². The first kappa shape index (κ1) is 32.8. The van der Waals surface area contributed by atoms with Crippen molar-refractivity contribution < 1.29 is 27.4 Å². The minimum absolute atomic E-state index is 0.0468. The molecule has 246 valence electrons. The highest BCUT2D eigenvalue weighted by Gasteiger charge is 2.58. The van der Waals surface area contributed by atoms with Crippen LogP contribution in [0.25, 0.3) is 0 Å². The molecule has 1 saturated heterocycles. The first-order valence-corrected chi connectivity index (χ1v) is 17.7. The molecule has 0 spiro atoms. The van der Waals surface area contributed by atoms with E-state index in [9.17, 15) is 8.42 Å². The third kappa shape index (κ3) is 5.84. The fourth-order valence-electron chi connectivity index (χ4n) is 6.10. The Hall–Kier alpha value is -4.08. The van der Waals surface area contributed by atoms with Crippen LogP contribution < -0.4 is 28.7 Å². The van der Waals surface area contributed by atoms with Gasteiger partial charge in [0.1, 0.15) is 16.4 Å². The van der Waals surface area contributed by atoms with E-state index in [2.05, 4.69) is 49.7 Å². The third-order valence-electron chi connectivity index (χ3n) is 8.50. The molecule has 1 unspecified atom stereocenters. The van der Waals surface area contributed by atoms with Gasteiger partial charge in [0.25, 0.3) is 15.9 Å². The predicted octanol–water partition coefficient (Wildman–Crippen LogP) is 4.95. The maximum atomic E-state index is 15.2. The second-order valence-electron chi connectivity index (χ2n) is 11.3. The van der Waals surface area contributed by atoms with Gasteiger partial charge in [0.05, 0.1) is 32.1 Å². The lowest BCUT2D eigenvalue weighted by molar-refractivity contribution is -0.120. The smallest absolute Gasteiger partial charge is 0.276 e. The number of likely N-dealkylation sites (N-methyl/N-ethyl adjacent to an activating group) is 1. The molecular formula is C34H36IN5O6S. The molecule has 0 bridgehead atoms. The predicted molar refractivity (Wildman–Crippen MR) is 189 cm³/mol. The summed E-state index contributed by atoms with van der Waals surface area (Å²) in [6.45, 7) is 5.88. The maximum absolute atomic E-state index is 15.2. The highest BCUT2D eigenvalue weighted by molar-refractivity contribution is 14.1. The van der Waals surface area contributed by atoms with Crippen LogP contribution in [-0.2, 0) is 20.4 Å². The zero-order valence-corrected chi connectivity index (χ0v) is 29.5. The van der Waals surface area contributed by atoms with E-state index < -0.39 is 21.5 Å². The van der Waals surface area contributed by atoms with Gasteiger partial charge in [-0.3, -0.25) is 4.79 Å². The van der Waals surface area contributed by atoms with E-state index >= 15 is 4.79 Å². The van der Waals surface area contributed by atoms with Crippen LogP contribution in [0.4, 0.5) is 17.1 Å². The number of halogens is 1. The molecule has 3 aromatic carbocycles. The van der Waals surface area contributed by atoms with Crippen molar-refractivity contribution in [2.75, 3.05) is 68.6 Å². The molecule has 3 heterocycles. The lowest BCUT2D eigenvalue weighted by Crippen LogP contribution is -2.49. The molecule has 1 fully saturated rings. The van der Waals surface area contributed by atoms with E-state index in [1.807, 2.05) is 37.3 Å². The molecule has 0 saturated carbocycles. The van der Waals surface area contributed by atoms with Crippen LogP contribution in [0.15, 0.2) is 83.9 Å². The van der Waals surface area contributed by atoms with E-state index in [1.54, 1.807) is 30.5 Å². The van der Waals surface area contributed by atoms with E-state index in [1.165, 1.54) is 32.4 Å². The number of benzene rings is 3. The lowest BCUT2D eigenvalue weighted by Gasteiger charge is -2.35. The van der Waals surface area contributed by atoms with Crippen molar-refractivity contribution in [2.45, 2.75) is 17.4 Å². The van der Waals surface area contributed by atoms with E-state index in [4.69, 9.17) is 14.2 Å². The quantitative estimate of drug-likeness (QED) is 0.223. The molecular weight excluding hydrogens is 733 g/mol. The molecule has 1 amide bonds. The Labute approximate surface area is 288 Å². The monoisotopic (exact) mass is 769 g/mol. The highest BCUT2D eigenvalue weighted by atomic mass is 127. The minimum atomic E-state index is -4.52. The van der Waals surface area contributed by atoms with Gasteiger partial charge in [0, 0.05) is 59.0 Å². The number of carbonyl (C=O) groups excluding carboxylic acids is 1. The normalized spacial score (nSPS) is 18.2. The number of methoxy groups -OCH3 is 2. The fourth-order valence-corrected chi connectivity index (χ4v) is 8.20. The first-order chi connectivity index (χ1) is 22.6. The molecule has 0 radical (unpaired) electrons. The molecule has 1 atom stereocenters. The molecule has 11 nitrogen and oxygen atoms in total. The molecule has 47 heavy (non-hydrogen) atoms. The van der Waals surface area contributed by atoms with Crippen LogP contribution in [0.3, 0.4) is 0 Å². The van der Waals surface area contributed by atoms with Crippen LogP contribution in [0, 0.1) is 3.57 Å². The number of pyridine rings is 1. The van der Waals surface area contributed by atoms with Gasteiger partial charge in [0.15, 0.2) is 5.54 Å². The SMILES string of the molecule is CCOc1ncccc1C1(Nc2ccc(N3CCN(C)CC3)cc2)C(=O)N(S(=O)(=O)c2ccc(OC)cc2OC)c2ccc(I)cc21. The van der Waals surface area contributed by atoms with Gasteiger partial charge in [-0.15, -0.1) is 0 Å². The van der Waals surface area contributed by atoms with E-state index in [0.717, 1.165) is 39.7 Å². The summed E-state index contributed by atoms with van der Waals surface area (Å²) < 4.78 is 47.6. The van der Waals surface area contributed by atoms with Crippen molar-refractivity contribution in [3.63, 3.8) is 0 Å². The van der Waals surface area contributed by atoms with Crippen molar-refractivity contribution in [3.05, 3.63) is 93.7 Å². The summed E-state index contributed by atoms with van der Waals surface area (Å²) in [5.41, 5.74) is 1.00. The van der Waals surface area contributed by atoms with Gasteiger partial charge in [-0.25, -0.2) is 13.4 Å². The van der Waals surface area contributed by atoms with Crippen LogP contribution in [0.1, 0.15) is 18.1 Å². The maximum Gasteiger partial charge on any atom is 0.276 e. The second-order valence-corrected chi connectivity index (χ2v) is 14.3. The van der Waals surface area contributed by atoms with Crippen LogP contribution in [0.5, 0.6) is 17.4 Å². The first-order valence-electron chi connectivity index (χ1n) is 15.2. The Morgan fingerprint density at radius 2 is 1.68 bits per heavy atom. The van der Waals surface area contributed by atoms with Gasteiger partial charge >= 0.3 is 0 Å². The Morgan fingerprint density at radius 3 is 2.36 bits per heavy atom. The lowest BCUT2D eigenvalue weighted by atomic mass is 9.83. The molecule has 4 aromatic rings. The van der Waals surface area contributed by atoms with Crippen molar-refractivity contribution in [3.8, 4) is 17.4 Å². The highest BCUT2D eigenvalue weighted by Crippen LogP contribution is 2.51. The summed E-state index contributed by atoms with van der Waals surface area (Å²) in [5, 5.41) is 3.48. The summed E-state index contributed by atoms with van der Waals surface area (Å²) in [4.78, 5) is 24.1. The number of aromatic nitrogens is 1. The number of nitrogens with one attached hydrogen (secondary N) is 1. The molecule has 2 aliphatic heterocycles. The number of ether oxygens (including phenoxy) is 3. The standard InChI is InChI=1S/C34H36IN5O6S/c1-5-46-32-27(7-6-16-36-32)34(37-24-9-11-25(12-10-24)39-19-17-38(2)18-20-39)28-21-23(35)8-14-29(28)40(33(34)41)47(42,43)31-15-13-26(44-3)22-30(31)45-4/h6-16,21-22,37H,5,17-20H2,1-4H3. The fraction of sp³-hybridized carbons (Fsp3) is 0.294. The Bertz CT molecular complexity index is 1900. The Balaban J connectivity index is 1.53. The second kappa shape index (κ2) is 13.2. The van der Waals surface area contributed by atoms with Gasteiger partial charge in [-0.2, -0.15) is 4.31 Å². The zero-order chi connectivity index (χ0) is 33.3. The summed E-state index contributed by atoms with van der Waals surface area (Å²) in [6, 6.07) is 20.9. The number of fused-ring (bicyclic) bond motifs is 1. The van der Waals surface area contributed by atoms with Gasteiger partial charge < -0.3 is 29.3 Å². The summed E-state index contributed by atoms with van der Waals surface area (Å²) in [6.07, 6.45) is 1.58. The molecule has 0 aliphatic carbocycles. The number of carbonyl (C=O) groups is 1. The average Bonchev–Trinajstić information content (AvgIpc) is 3.33. The van der Waals surface area contributed by atoms with Gasteiger partial charge in [-0.05, 0) is 103 Å². The minimum Gasteiger partial charge on any atom is -0.497 e. The van der Waals surface area contributed by atoms with Crippen molar-refractivity contribution in [1.29, 1.82) is 0 Å². The molecule has 1 aromatic heterocycles. The van der Waals surface area contributed by atoms with E-state index in [-0.39, 0.29) is 28.8 Å². The third-order valence-corrected chi connectivity index (χ3v) is 10.9. The largest absolute Gasteiger partial charge is 0.497 e. The number of piperazine rings is 1. The van der Waals surface area contributed by atoms with Crippen molar-refractivity contribution in [1.82, 2.24) is 9.88 Å². The molecule has 2 aliphatic rings. The van der Waals surface area contributed by atoms with E-state index in [0.29, 0.717) is 22.6 Å². The number of hydrogen-bond acceptors (Lipinski definition) is 10. The summed E-state index contributed by atoms with van der Waals surface area (Å²) in [5.74, 6) is -0.0535. The van der Waals surface area contributed by atoms with Crippen molar-refractivity contribution >= 4 is 55.6 Å². The number of hydrogen-bond donors (Lipinski definition) is 1.